The molecule has 252 valence electrons. The summed E-state index contributed by atoms with van der Waals surface area (Å²) in [4.78, 5) is 58.7. The number of ether oxygens (including phenoxy) is 1. The maximum atomic E-state index is 14.5. The van der Waals surface area contributed by atoms with Crippen LogP contribution in [0, 0.1) is 18.3 Å². The Kier molecular flexibility index (Phi) is 6.57. The maximum absolute atomic E-state index is 14.5. The number of hydrogen-bond acceptors (Lipinski definition) is 10. The molecule has 48 heavy (non-hydrogen) atoms. The second-order valence-corrected chi connectivity index (χ2v) is 14.8. The van der Waals surface area contributed by atoms with E-state index in [-0.39, 0.29) is 53.0 Å². The highest BCUT2D eigenvalue weighted by atomic mass is 16.5. The molecule has 14 nitrogen and oxygen atoms in total. The molecular weight excluding hydrogens is 614 g/mol. The fourth-order valence-corrected chi connectivity index (χ4v) is 9.40. The number of aromatic nitrogens is 6. The number of carbonyl (C=O) groups is 2. The molecule has 6 fully saturated rings. The van der Waals surface area contributed by atoms with Gasteiger partial charge in [-0.25, -0.2) is 9.97 Å². The Balaban J connectivity index is 1.07. The number of hydrogen-bond donors (Lipinski definition) is 2. The second-order valence-electron chi connectivity index (χ2n) is 14.8. The molecule has 14 heteroatoms. The summed E-state index contributed by atoms with van der Waals surface area (Å²) >= 11 is 0. The number of nitrogens with one attached hydrogen (secondary N) is 1. The lowest BCUT2D eigenvalue weighted by molar-refractivity contribution is -0.176. The van der Waals surface area contributed by atoms with Gasteiger partial charge in [0.05, 0.1) is 30.6 Å². The summed E-state index contributed by atoms with van der Waals surface area (Å²) in [7, 11) is 0. The van der Waals surface area contributed by atoms with Gasteiger partial charge in [0.1, 0.15) is 18.6 Å². The molecule has 5 aliphatic carbocycles. The van der Waals surface area contributed by atoms with E-state index in [2.05, 4.69) is 20.2 Å². The lowest BCUT2D eigenvalue weighted by Crippen LogP contribution is -2.75. The predicted molar refractivity (Wildman–Crippen MR) is 174 cm³/mol. The van der Waals surface area contributed by atoms with Crippen molar-refractivity contribution in [1.29, 1.82) is 0 Å². The lowest BCUT2D eigenvalue weighted by atomic mass is 9.37. The van der Waals surface area contributed by atoms with Gasteiger partial charge in [-0.05, 0) is 81.6 Å². The van der Waals surface area contributed by atoms with Crippen LogP contribution in [-0.2, 0) is 22.5 Å². The van der Waals surface area contributed by atoms with Crippen molar-refractivity contribution >= 4 is 28.9 Å². The van der Waals surface area contributed by atoms with Crippen LogP contribution in [0.4, 0.5) is 5.69 Å². The Hall–Kier alpha value is -4.33. The van der Waals surface area contributed by atoms with E-state index in [0.717, 1.165) is 49.3 Å². The summed E-state index contributed by atoms with van der Waals surface area (Å²) in [5.74, 6) is 1.07. The number of piperazine rings is 1. The lowest BCUT2D eigenvalue weighted by Gasteiger charge is -2.71. The minimum Gasteiger partial charge on any atom is -0.504 e. The van der Waals surface area contributed by atoms with Gasteiger partial charge in [-0.1, -0.05) is 13.0 Å². The molecule has 5 heterocycles. The Morgan fingerprint density at radius 2 is 1.90 bits per heavy atom. The van der Waals surface area contributed by atoms with Crippen LogP contribution in [0.2, 0.25) is 0 Å². The van der Waals surface area contributed by atoms with E-state index in [1.165, 1.54) is 23.7 Å². The Morgan fingerprint density at radius 3 is 2.58 bits per heavy atom. The monoisotopic (exact) mass is 655 g/mol. The number of fused-ring (bicyclic) bond motifs is 2. The standard InChI is InChI=1S/C34H41N9O5/c1-3-22-27(40-10-11-41(24-7-6-23(24)40)30(46)26-28(45)19(2)35-18-36-26)31(47)43-32(37-29(39-43)20-8-12-48-13-9-20)42(22)14-25(44)38-34-15-33(16-34,17-34)21-4-5-21/h8,18,21,23-24,45H,3-7,9-17H2,1-2H3,(H,38,44)/t23-,24-,33?,34?/m0/s1. The van der Waals surface area contributed by atoms with Crippen molar-refractivity contribution in [3.8, 4) is 5.75 Å². The van der Waals surface area contributed by atoms with Crippen molar-refractivity contribution < 1.29 is 19.4 Å². The second kappa shape index (κ2) is 10.6. The molecule has 5 saturated carbocycles. The third kappa shape index (κ3) is 4.36. The first kappa shape index (κ1) is 29.8. The molecule has 3 aromatic heterocycles. The SMILES string of the molecule is CCc1c(N2CCN(C(=O)c3ncnc(C)c3O)[C@H]3CC[C@@H]32)c(=O)n2nc(C3=CCOCC3)nc2n1CC(=O)NC12CC(C3CC3)(C1)C2. The Morgan fingerprint density at radius 1 is 1.10 bits per heavy atom. The highest BCUT2D eigenvalue weighted by Crippen LogP contribution is 2.75. The van der Waals surface area contributed by atoms with Crippen LogP contribution in [-0.4, -0.2) is 94.9 Å². The fraction of sp³-hybridized carbons (Fsp3) is 0.618. The molecular formula is C34H41N9O5. The summed E-state index contributed by atoms with van der Waals surface area (Å²) in [5, 5.41) is 18.6. The first-order chi connectivity index (χ1) is 23.2. The summed E-state index contributed by atoms with van der Waals surface area (Å²) < 4.78 is 8.75. The zero-order chi connectivity index (χ0) is 32.9. The van der Waals surface area contributed by atoms with Crippen molar-refractivity contribution in [1.82, 2.24) is 39.3 Å². The minimum absolute atomic E-state index is 0.00466. The summed E-state index contributed by atoms with van der Waals surface area (Å²) in [6.07, 6.45) is 11.8. The van der Waals surface area contributed by atoms with Gasteiger partial charge in [0.2, 0.25) is 11.7 Å². The molecule has 0 unspecified atom stereocenters. The van der Waals surface area contributed by atoms with Crippen molar-refractivity contribution in [2.24, 2.45) is 11.3 Å². The topological polar surface area (TPSA) is 160 Å². The molecule has 0 radical (unpaired) electrons. The van der Waals surface area contributed by atoms with E-state index in [0.29, 0.717) is 67.5 Å². The van der Waals surface area contributed by atoms with Gasteiger partial charge in [-0.15, -0.1) is 5.10 Å². The van der Waals surface area contributed by atoms with Crippen LogP contribution in [0.25, 0.3) is 11.4 Å². The quantitative estimate of drug-likeness (QED) is 0.368. The zero-order valence-electron chi connectivity index (χ0n) is 27.4. The van der Waals surface area contributed by atoms with Crippen molar-refractivity contribution in [3.63, 3.8) is 0 Å². The summed E-state index contributed by atoms with van der Waals surface area (Å²) in [5.41, 5.74) is 2.62. The van der Waals surface area contributed by atoms with Gasteiger partial charge in [0, 0.05) is 24.7 Å². The molecule has 2 aliphatic heterocycles. The molecule has 2 bridgehead atoms. The van der Waals surface area contributed by atoms with Crippen LogP contribution < -0.4 is 15.8 Å². The van der Waals surface area contributed by atoms with Crippen molar-refractivity contribution in [2.75, 3.05) is 31.2 Å². The fourth-order valence-electron chi connectivity index (χ4n) is 9.40. The van der Waals surface area contributed by atoms with Crippen LogP contribution in [0.5, 0.6) is 5.75 Å². The van der Waals surface area contributed by atoms with E-state index in [9.17, 15) is 19.5 Å². The van der Waals surface area contributed by atoms with Gasteiger partial charge in [0.15, 0.2) is 17.3 Å². The van der Waals surface area contributed by atoms with Crippen LogP contribution >= 0.6 is 0 Å². The molecule has 3 aromatic rings. The molecule has 0 spiro atoms. The smallest absolute Gasteiger partial charge is 0.299 e. The molecule has 0 aromatic carbocycles. The van der Waals surface area contributed by atoms with Crippen LogP contribution in [0.15, 0.2) is 17.2 Å². The van der Waals surface area contributed by atoms with Crippen molar-refractivity contribution in [2.45, 2.75) is 95.8 Å². The molecule has 2 atom stereocenters. The first-order valence-electron chi connectivity index (χ1n) is 17.4. The van der Waals surface area contributed by atoms with Gasteiger partial charge in [-0.2, -0.15) is 9.50 Å². The van der Waals surface area contributed by atoms with Crippen LogP contribution in [0.3, 0.4) is 0 Å². The maximum Gasteiger partial charge on any atom is 0.299 e. The Bertz CT molecular complexity index is 1940. The molecule has 1 saturated heterocycles. The summed E-state index contributed by atoms with van der Waals surface area (Å²) in [6, 6.07) is -0.259. The number of nitrogens with zero attached hydrogens (tertiary/aromatic N) is 8. The van der Waals surface area contributed by atoms with Crippen molar-refractivity contribution in [3.05, 3.63) is 45.7 Å². The Labute approximate surface area is 277 Å². The molecule has 2 amide bonds. The third-order valence-electron chi connectivity index (χ3n) is 12.0. The average molecular weight is 656 g/mol. The normalized spacial score (nSPS) is 29.0. The van der Waals surface area contributed by atoms with Gasteiger partial charge in [0.25, 0.3) is 11.5 Å². The van der Waals surface area contributed by atoms with E-state index in [1.807, 2.05) is 17.6 Å². The first-order valence-corrected chi connectivity index (χ1v) is 17.4. The highest BCUT2D eigenvalue weighted by molar-refractivity contribution is 5.95. The molecule has 7 aliphatic rings. The van der Waals surface area contributed by atoms with E-state index < -0.39 is 0 Å². The van der Waals surface area contributed by atoms with E-state index >= 15 is 0 Å². The number of aromatic hydroxyl groups is 1. The number of anilines is 1. The largest absolute Gasteiger partial charge is 0.504 e. The highest BCUT2D eigenvalue weighted by Gasteiger charge is 2.72. The molecule has 2 N–H and O–H groups in total. The summed E-state index contributed by atoms with van der Waals surface area (Å²) in [6.45, 7) is 5.46. The third-order valence-corrected chi connectivity index (χ3v) is 12.0. The van der Waals surface area contributed by atoms with Gasteiger partial charge >= 0.3 is 0 Å². The number of rotatable bonds is 8. The number of amides is 2. The number of aryl methyl sites for hydroxylation is 1. The van der Waals surface area contributed by atoms with Crippen LogP contribution in [0.1, 0.15) is 86.0 Å². The minimum atomic E-state index is -0.338. The van der Waals surface area contributed by atoms with E-state index in [1.54, 1.807) is 11.8 Å². The molecule has 10 rings (SSSR count). The van der Waals surface area contributed by atoms with Gasteiger partial charge in [-0.3, -0.25) is 14.4 Å². The zero-order valence-corrected chi connectivity index (χ0v) is 27.4. The predicted octanol–water partition coefficient (Wildman–Crippen LogP) is 2.00. The average Bonchev–Trinajstić information content (AvgIpc) is 3.77. The number of carbonyl (C=O) groups excluding carboxylic acids is 2. The van der Waals surface area contributed by atoms with E-state index in [4.69, 9.17) is 14.8 Å². The van der Waals surface area contributed by atoms with Gasteiger partial charge < -0.3 is 29.5 Å².